The minimum Gasteiger partial charge on any atom is -0.478 e. The Kier molecular flexibility index (Phi) is 6.64. The van der Waals surface area contributed by atoms with Gasteiger partial charge < -0.3 is 9.84 Å². The molecule has 5 heteroatoms. The predicted molar refractivity (Wildman–Crippen MR) is 75.1 cm³/mol. The fourth-order valence-corrected chi connectivity index (χ4v) is 1.98. The molecule has 0 spiro atoms. The highest BCUT2D eigenvalue weighted by Gasteiger charge is 2.11. The molecule has 1 aromatic rings. The number of aromatic carboxylic acids is 1. The molecule has 4 nitrogen and oxygen atoms in total. The van der Waals surface area contributed by atoms with Gasteiger partial charge in [0.25, 0.3) is 0 Å². The topological polar surface area (TPSA) is 59.4 Å². The van der Waals surface area contributed by atoms with Crippen LogP contribution in [0.1, 0.15) is 56.3 Å². The number of pyridine rings is 1. The second-order valence-corrected chi connectivity index (χ2v) is 4.99. The lowest BCUT2D eigenvalue weighted by Crippen LogP contribution is -2.13. The van der Waals surface area contributed by atoms with Crippen LogP contribution in [0.15, 0.2) is 12.1 Å². The first-order chi connectivity index (χ1) is 9.02. The smallest absolute Gasteiger partial charge is 0.335 e. The molecular formula is C14H20ClNO3. The standard InChI is InChI=1S/C14H20ClNO3/c1-3-4-5-6-7-10(2)19-13-9-11(14(17)18)8-12(15)16-13/h8-10H,3-7H2,1-2H3,(H,17,18). The molecule has 0 aliphatic rings. The fourth-order valence-electron chi connectivity index (χ4n) is 1.78. The maximum Gasteiger partial charge on any atom is 0.335 e. The summed E-state index contributed by atoms with van der Waals surface area (Å²) in [6.07, 6.45) is 5.65. The highest BCUT2D eigenvalue weighted by atomic mass is 35.5. The van der Waals surface area contributed by atoms with Gasteiger partial charge in [-0.25, -0.2) is 9.78 Å². The van der Waals surface area contributed by atoms with Crippen molar-refractivity contribution in [2.24, 2.45) is 0 Å². The highest BCUT2D eigenvalue weighted by Crippen LogP contribution is 2.19. The van der Waals surface area contributed by atoms with Gasteiger partial charge in [0.05, 0.1) is 11.7 Å². The van der Waals surface area contributed by atoms with Crippen LogP contribution in [-0.2, 0) is 0 Å². The SMILES string of the molecule is CCCCCCC(C)Oc1cc(C(=O)O)cc(Cl)n1. The molecule has 1 unspecified atom stereocenters. The Balaban J connectivity index is 2.53. The maximum atomic E-state index is 10.9. The number of nitrogens with zero attached hydrogens (tertiary/aromatic N) is 1. The number of halogens is 1. The second-order valence-electron chi connectivity index (χ2n) is 4.60. The van der Waals surface area contributed by atoms with E-state index in [2.05, 4.69) is 11.9 Å². The Morgan fingerprint density at radius 3 is 2.79 bits per heavy atom. The minimum atomic E-state index is -1.04. The molecule has 1 rings (SSSR count). The molecular weight excluding hydrogens is 266 g/mol. The van der Waals surface area contributed by atoms with Crippen molar-refractivity contribution in [3.63, 3.8) is 0 Å². The van der Waals surface area contributed by atoms with Crippen LogP contribution in [0.2, 0.25) is 5.15 Å². The largest absolute Gasteiger partial charge is 0.478 e. The van der Waals surface area contributed by atoms with E-state index < -0.39 is 5.97 Å². The molecule has 0 saturated heterocycles. The molecule has 0 amide bonds. The molecule has 19 heavy (non-hydrogen) atoms. The summed E-state index contributed by atoms with van der Waals surface area (Å²) in [7, 11) is 0. The van der Waals surface area contributed by atoms with Crippen LogP contribution in [0.5, 0.6) is 5.88 Å². The van der Waals surface area contributed by atoms with Crippen LogP contribution in [0, 0.1) is 0 Å². The highest BCUT2D eigenvalue weighted by molar-refractivity contribution is 6.29. The van der Waals surface area contributed by atoms with E-state index in [9.17, 15) is 4.79 Å². The zero-order valence-corrected chi connectivity index (χ0v) is 12.1. The number of unbranched alkanes of at least 4 members (excludes halogenated alkanes) is 3. The van der Waals surface area contributed by atoms with Crippen LogP contribution in [0.25, 0.3) is 0 Å². The van der Waals surface area contributed by atoms with Crippen molar-refractivity contribution >= 4 is 17.6 Å². The van der Waals surface area contributed by atoms with E-state index in [0.717, 1.165) is 12.8 Å². The van der Waals surface area contributed by atoms with Crippen molar-refractivity contribution in [2.45, 2.75) is 52.1 Å². The zero-order chi connectivity index (χ0) is 14.3. The molecule has 0 aromatic carbocycles. The summed E-state index contributed by atoms with van der Waals surface area (Å²) in [5.41, 5.74) is 0.0909. The number of ether oxygens (including phenoxy) is 1. The Morgan fingerprint density at radius 2 is 2.16 bits per heavy atom. The van der Waals surface area contributed by atoms with Gasteiger partial charge in [0.2, 0.25) is 5.88 Å². The van der Waals surface area contributed by atoms with Crippen molar-refractivity contribution in [3.8, 4) is 5.88 Å². The van der Waals surface area contributed by atoms with Gasteiger partial charge in [0.1, 0.15) is 5.15 Å². The molecule has 1 aromatic heterocycles. The first-order valence-corrected chi connectivity index (χ1v) is 6.98. The van der Waals surface area contributed by atoms with Gasteiger partial charge in [0, 0.05) is 6.07 Å². The number of carbonyl (C=O) groups is 1. The van der Waals surface area contributed by atoms with Crippen LogP contribution >= 0.6 is 11.6 Å². The van der Waals surface area contributed by atoms with Gasteiger partial charge >= 0.3 is 5.97 Å². The van der Waals surface area contributed by atoms with E-state index in [-0.39, 0.29) is 22.7 Å². The normalized spacial score (nSPS) is 12.2. The summed E-state index contributed by atoms with van der Waals surface area (Å²) >= 11 is 5.77. The van der Waals surface area contributed by atoms with Gasteiger partial charge in [-0.3, -0.25) is 0 Å². The van der Waals surface area contributed by atoms with E-state index in [1.807, 2.05) is 6.92 Å². The van der Waals surface area contributed by atoms with Crippen LogP contribution in [-0.4, -0.2) is 22.2 Å². The molecule has 0 bridgehead atoms. The lowest BCUT2D eigenvalue weighted by atomic mass is 10.1. The molecule has 1 heterocycles. The molecule has 0 aliphatic heterocycles. The quantitative estimate of drug-likeness (QED) is 0.575. The van der Waals surface area contributed by atoms with Crippen molar-refractivity contribution in [3.05, 3.63) is 22.8 Å². The van der Waals surface area contributed by atoms with E-state index in [1.54, 1.807) is 0 Å². The van der Waals surface area contributed by atoms with Crippen molar-refractivity contribution in [1.82, 2.24) is 4.98 Å². The summed E-state index contributed by atoms with van der Waals surface area (Å²) in [4.78, 5) is 14.9. The lowest BCUT2D eigenvalue weighted by molar-refractivity contribution is 0.0695. The first kappa shape index (κ1) is 15.8. The summed E-state index contributed by atoms with van der Waals surface area (Å²) in [5.74, 6) is -0.766. The van der Waals surface area contributed by atoms with Gasteiger partial charge in [0.15, 0.2) is 0 Å². The molecule has 1 N–H and O–H groups in total. The number of aromatic nitrogens is 1. The Bertz CT molecular complexity index is 423. The molecule has 0 radical (unpaired) electrons. The number of rotatable bonds is 8. The first-order valence-electron chi connectivity index (χ1n) is 6.60. The van der Waals surface area contributed by atoms with Crippen molar-refractivity contribution < 1.29 is 14.6 Å². The van der Waals surface area contributed by atoms with Crippen LogP contribution in [0.3, 0.4) is 0 Å². The van der Waals surface area contributed by atoms with Gasteiger partial charge in [-0.05, 0) is 25.8 Å². The monoisotopic (exact) mass is 285 g/mol. The third kappa shape index (κ3) is 5.92. The molecule has 0 fully saturated rings. The zero-order valence-electron chi connectivity index (χ0n) is 11.4. The van der Waals surface area contributed by atoms with Gasteiger partial charge in [-0.2, -0.15) is 0 Å². The van der Waals surface area contributed by atoms with E-state index in [1.165, 1.54) is 31.4 Å². The van der Waals surface area contributed by atoms with Crippen LogP contribution in [0.4, 0.5) is 0 Å². The molecule has 106 valence electrons. The third-order valence-electron chi connectivity index (χ3n) is 2.80. The predicted octanol–water partition coefficient (Wildman–Crippen LogP) is 4.17. The van der Waals surface area contributed by atoms with Gasteiger partial charge in [-0.1, -0.05) is 37.8 Å². The van der Waals surface area contributed by atoms with E-state index in [4.69, 9.17) is 21.4 Å². The third-order valence-corrected chi connectivity index (χ3v) is 3.00. The van der Waals surface area contributed by atoms with Crippen molar-refractivity contribution in [1.29, 1.82) is 0 Å². The number of carboxylic acids is 1. The van der Waals surface area contributed by atoms with E-state index in [0.29, 0.717) is 0 Å². The summed E-state index contributed by atoms with van der Waals surface area (Å²) in [6.45, 7) is 4.12. The van der Waals surface area contributed by atoms with E-state index >= 15 is 0 Å². The Hall–Kier alpha value is -1.29. The average molecular weight is 286 g/mol. The average Bonchev–Trinajstić information content (AvgIpc) is 2.34. The maximum absolute atomic E-state index is 10.9. The summed E-state index contributed by atoms with van der Waals surface area (Å²) in [5, 5.41) is 9.06. The molecule has 0 saturated carbocycles. The Labute approximate surface area is 118 Å². The summed E-state index contributed by atoms with van der Waals surface area (Å²) < 4.78 is 5.61. The fraction of sp³-hybridized carbons (Fsp3) is 0.571. The number of hydrogen-bond donors (Lipinski definition) is 1. The molecule has 0 aliphatic carbocycles. The number of hydrogen-bond acceptors (Lipinski definition) is 3. The summed E-state index contributed by atoms with van der Waals surface area (Å²) in [6, 6.07) is 2.71. The number of carboxylic acid groups (broad SMARTS) is 1. The molecule has 1 atom stereocenters. The van der Waals surface area contributed by atoms with Crippen LogP contribution < -0.4 is 4.74 Å². The minimum absolute atomic E-state index is 0.00414. The van der Waals surface area contributed by atoms with Gasteiger partial charge in [-0.15, -0.1) is 0 Å². The van der Waals surface area contributed by atoms with Crippen molar-refractivity contribution in [2.75, 3.05) is 0 Å². The Morgan fingerprint density at radius 1 is 1.42 bits per heavy atom. The second kappa shape index (κ2) is 8.00. The lowest BCUT2D eigenvalue weighted by Gasteiger charge is -2.14.